The van der Waals surface area contributed by atoms with Crippen LogP contribution in [0.25, 0.3) is 19.6 Å². The van der Waals surface area contributed by atoms with E-state index in [1.165, 1.54) is 11.1 Å². The molecule has 0 radical (unpaired) electrons. The van der Waals surface area contributed by atoms with Gasteiger partial charge in [-0.3, -0.25) is 0 Å². The van der Waals surface area contributed by atoms with E-state index >= 15 is 0 Å². The van der Waals surface area contributed by atoms with Gasteiger partial charge in [0.05, 0.1) is 0 Å². The van der Waals surface area contributed by atoms with Crippen LogP contribution in [0.3, 0.4) is 0 Å². The minimum absolute atomic E-state index is 0. The molecule has 5 heteroatoms. The predicted octanol–water partition coefficient (Wildman–Crippen LogP) is 9.36. The van der Waals surface area contributed by atoms with Gasteiger partial charge in [-0.25, -0.2) is 0 Å². The Morgan fingerprint density at radius 2 is 0.686 bits per heavy atom. The molecule has 0 N–H and O–H groups in total. The fourth-order valence-electron chi connectivity index (χ4n) is 3.32. The molecule has 182 valence electrons. The van der Waals surface area contributed by atoms with Gasteiger partial charge in [-0.2, -0.15) is 0 Å². The van der Waals surface area contributed by atoms with Gasteiger partial charge in [0.1, 0.15) is 0 Å². The van der Waals surface area contributed by atoms with Crippen LogP contribution < -0.4 is 0 Å². The topological polar surface area (TPSA) is 0 Å². The number of aryl methyl sites for hydroxylation is 2. The SMILES string of the molecule is Cc1cccc(C(S)=C(S)c2ccccc2)c1.Cc1cccc(C(S)=C(S)c2ccccc2)c1.[Ni]. The molecule has 4 aromatic carbocycles. The Bertz CT molecular complexity index is 1190. The molecule has 0 saturated carbocycles. The third kappa shape index (κ3) is 8.70. The number of rotatable bonds is 4. The van der Waals surface area contributed by atoms with E-state index in [0.29, 0.717) is 0 Å². The summed E-state index contributed by atoms with van der Waals surface area (Å²) in [5.41, 5.74) is 6.82. The molecule has 35 heavy (non-hydrogen) atoms. The van der Waals surface area contributed by atoms with E-state index in [4.69, 9.17) is 0 Å². The maximum absolute atomic E-state index is 4.58. The molecule has 0 aliphatic rings. The average molecular weight is 576 g/mol. The first-order chi connectivity index (χ1) is 16.4. The smallest absolute Gasteiger partial charge is 0.0253 e. The predicted molar refractivity (Wildman–Crippen MR) is 165 cm³/mol. The summed E-state index contributed by atoms with van der Waals surface area (Å²) in [5.74, 6) is 0. The van der Waals surface area contributed by atoms with Gasteiger partial charge >= 0.3 is 0 Å². The number of hydrogen-bond donors (Lipinski definition) is 4. The van der Waals surface area contributed by atoms with Crippen molar-refractivity contribution in [1.82, 2.24) is 0 Å². The first kappa shape index (κ1) is 29.5. The van der Waals surface area contributed by atoms with Gasteiger partial charge in [0, 0.05) is 36.1 Å². The van der Waals surface area contributed by atoms with Gasteiger partial charge in [0.25, 0.3) is 0 Å². The summed E-state index contributed by atoms with van der Waals surface area (Å²) >= 11 is 18.3. The zero-order chi connectivity index (χ0) is 24.5. The molecule has 0 fully saturated rings. The van der Waals surface area contributed by atoms with E-state index in [2.05, 4.69) is 101 Å². The van der Waals surface area contributed by atoms with Crippen LogP contribution in [0.5, 0.6) is 0 Å². The summed E-state index contributed by atoms with van der Waals surface area (Å²) in [6.45, 7) is 4.15. The third-order valence-corrected chi connectivity index (χ3v) is 7.41. The fourth-order valence-corrected chi connectivity index (χ4v) is 4.42. The van der Waals surface area contributed by atoms with Gasteiger partial charge in [-0.1, -0.05) is 120 Å². The van der Waals surface area contributed by atoms with Crippen LogP contribution in [0.2, 0.25) is 0 Å². The van der Waals surface area contributed by atoms with E-state index in [1.807, 2.05) is 72.8 Å². The van der Waals surface area contributed by atoms with Crippen molar-refractivity contribution < 1.29 is 16.5 Å². The van der Waals surface area contributed by atoms with Gasteiger partial charge < -0.3 is 0 Å². The van der Waals surface area contributed by atoms with Crippen LogP contribution in [-0.2, 0) is 16.5 Å². The monoisotopic (exact) mass is 574 g/mol. The molecule has 0 aromatic heterocycles. The van der Waals surface area contributed by atoms with Crippen molar-refractivity contribution in [2.45, 2.75) is 13.8 Å². The van der Waals surface area contributed by atoms with Crippen LogP contribution in [-0.4, -0.2) is 0 Å². The van der Waals surface area contributed by atoms with Crippen molar-refractivity contribution in [3.8, 4) is 0 Å². The maximum Gasteiger partial charge on any atom is 0.0253 e. The Hall–Kier alpha value is -1.75. The summed E-state index contributed by atoms with van der Waals surface area (Å²) < 4.78 is 0. The summed E-state index contributed by atoms with van der Waals surface area (Å²) in [5, 5.41) is 0. The molecule has 0 unspecified atom stereocenters. The average Bonchev–Trinajstić information content (AvgIpc) is 2.88. The van der Waals surface area contributed by atoms with Crippen LogP contribution in [0.15, 0.2) is 109 Å². The summed E-state index contributed by atoms with van der Waals surface area (Å²) in [6.07, 6.45) is 0. The van der Waals surface area contributed by atoms with Gasteiger partial charge in [0.2, 0.25) is 0 Å². The maximum atomic E-state index is 4.58. The second-order valence-corrected chi connectivity index (χ2v) is 9.65. The zero-order valence-electron chi connectivity index (χ0n) is 19.5. The summed E-state index contributed by atoms with van der Waals surface area (Å²) in [7, 11) is 0. The molecule has 0 saturated heterocycles. The van der Waals surface area contributed by atoms with Crippen LogP contribution in [0, 0.1) is 13.8 Å². The van der Waals surface area contributed by atoms with Crippen molar-refractivity contribution in [3.05, 3.63) is 143 Å². The molecule has 0 aliphatic heterocycles. The Morgan fingerprint density at radius 3 is 1.00 bits per heavy atom. The fraction of sp³-hybridized carbons (Fsp3) is 0.0667. The number of thiol groups is 4. The molecule has 4 rings (SSSR count). The normalized spacial score (nSPS) is 11.8. The molecule has 0 atom stereocenters. The number of benzene rings is 4. The van der Waals surface area contributed by atoms with Crippen molar-refractivity contribution in [1.29, 1.82) is 0 Å². The molecule has 4 aromatic rings. The van der Waals surface area contributed by atoms with Gasteiger partial charge in [-0.05, 0) is 36.1 Å². The zero-order valence-corrected chi connectivity index (χ0v) is 24.1. The van der Waals surface area contributed by atoms with Crippen molar-refractivity contribution in [2.24, 2.45) is 0 Å². The van der Waals surface area contributed by atoms with E-state index in [0.717, 1.165) is 41.9 Å². The van der Waals surface area contributed by atoms with E-state index in [-0.39, 0.29) is 16.5 Å². The second kappa shape index (κ2) is 14.7. The minimum atomic E-state index is 0. The molecule has 0 bridgehead atoms. The third-order valence-electron chi connectivity index (χ3n) is 5.13. The van der Waals surface area contributed by atoms with E-state index in [9.17, 15) is 0 Å². The summed E-state index contributed by atoms with van der Waals surface area (Å²) in [4.78, 5) is 3.62. The molecule has 0 nitrogen and oxygen atoms in total. The Kier molecular flexibility index (Phi) is 12.4. The van der Waals surface area contributed by atoms with Gasteiger partial charge in [0.15, 0.2) is 0 Å². The molecular formula is C30H28NiS4. The standard InChI is InChI=1S/2C15H14S2.Ni/c2*1-11-6-5-9-13(10-11)15(17)14(16)12-7-3-2-4-8-12;/h2*2-10,16-17H,1H3;. The van der Waals surface area contributed by atoms with E-state index in [1.54, 1.807) is 0 Å². The Morgan fingerprint density at radius 1 is 0.400 bits per heavy atom. The molecule has 0 spiro atoms. The Labute approximate surface area is 241 Å². The van der Waals surface area contributed by atoms with Crippen molar-refractivity contribution >= 4 is 70.1 Å². The van der Waals surface area contributed by atoms with Crippen LogP contribution in [0.1, 0.15) is 33.4 Å². The van der Waals surface area contributed by atoms with Crippen molar-refractivity contribution in [2.75, 3.05) is 0 Å². The second-order valence-electron chi connectivity index (χ2n) is 7.87. The van der Waals surface area contributed by atoms with Crippen LogP contribution in [0.4, 0.5) is 0 Å². The van der Waals surface area contributed by atoms with Crippen molar-refractivity contribution in [3.63, 3.8) is 0 Å². The number of hydrogen-bond acceptors (Lipinski definition) is 4. The Balaban J connectivity index is 0.000000240. The molecule has 0 heterocycles. The molecule has 0 aliphatic carbocycles. The minimum Gasteiger partial charge on any atom is -0.142 e. The van der Waals surface area contributed by atoms with E-state index < -0.39 is 0 Å². The first-order valence-electron chi connectivity index (χ1n) is 10.9. The molecular weight excluding hydrogens is 547 g/mol. The summed E-state index contributed by atoms with van der Waals surface area (Å²) in [6, 6.07) is 36.7. The first-order valence-corrected chi connectivity index (χ1v) is 12.6. The van der Waals surface area contributed by atoms with Crippen LogP contribution >= 0.6 is 50.5 Å². The molecule has 0 amide bonds. The van der Waals surface area contributed by atoms with Gasteiger partial charge in [-0.15, -0.1) is 50.5 Å². The largest absolute Gasteiger partial charge is 0.142 e. The quantitative estimate of drug-likeness (QED) is 0.104.